The highest BCUT2D eigenvalue weighted by molar-refractivity contribution is 5.80. The average Bonchev–Trinajstić information content (AvgIpc) is 2.77. The number of aliphatic imine (C=N–C) groups is 1. The van der Waals surface area contributed by atoms with Gasteiger partial charge in [-0.3, -0.25) is 4.99 Å². The largest absolute Gasteiger partial charge is 0.475 e. The number of hydrogen-bond acceptors (Lipinski definition) is 3. The minimum atomic E-state index is -4.30. The molecule has 0 bridgehead atoms. The molecule has 0 spiro atoms. The van der Waals surface area contributed by atoms with E-state index >= 15 is 0 Å². The van der Waals surface area contributed by atoms with Gasteiger partial charge in [0.25, 0.3) is 0 Å². The van der Waals surface area contributed by atoms with Crippen LogP contribution in [0.1, 0.15) is 17.5 Å². The summed E-state index contributed by atoms with van der Waals surface area (Å²) in [5.41, 5.74) is 5.53. The smallest absolute Gasteiger partial charge is 0.416 e. The fourth-order valence-electron chi connectivity index (χ4n) is 1.89. The zero-order valence-corrected chi connectivity index (χ0v) is 10.3. The van der Waals surface area contributed by atoms with Gasteiger partial charge >= 0.3 is 6.18 Å². The summed E-state index contributed by atoms with van der Waals surface area (Å²) in [4.78, 5) is 4.22. The first kappa shape index (κ1) is 13.9. The maximum absolute atomic E-state index is 12.4. The molecule has 2 rings (SSSR count). The molecule has 19 heavy (non-hydrogen) atoms. The molecular weight excluding hydrogens is 257 g/mol. The van der Waals surface area contributed by atoms with Crippen LogP contribution in [0.5, 0.6) is 0 Å². The summed E-state index contributed by atoms with van der Waals surface area (Å²) in [6, 6.07) is 5.04. The average molecular weight is 272 g/mol. The summed E-state index contributed by atoms with van der Waals surface area (Å²) >= 11 is 0. The Morgan fingerprint density at radius 3 is 2.53 bits per heavy atom. The highest BCUT2D eigenvalue weighted by atomic mass is 19.4. The van der Waals surface area contributed by atoms with Crippen molar-refractivity contribution in [3.8, 4) is 0 Å². The molecule has 104 valence electrons. The number of halogens is 3. The van der Waals surface area contributed by atoms with Gasteiger partial charge in [0, 0.05) is 6.42 Å². The standard InChI is InChI=1S/C13H15F3N2O/c14-13(15,16)10-3-1-9(2-4-10)7-12-18-8-11(19-12)5-6-17/h1-4,11H,5-8,17H2. The van der Waals surface area contributed by atoms with E-state index in [0.717, 1.165) is 24.1 Å². The van der Waals surface area contributed by atoms with Crippen LogP contribution in [0.15, 0.2) is 29.3 Å². The zero-order chi connectivity index (χ0) is 13.9. The van der Waals surface area contributed by atoms with Gasteiger partial charge in [0.15, 0.2) is 5.90 Å². The van der Waals surface area contributed by atoms with Crippen molar-refractivity contribution in [1.82, 2.24) is 0 Å². The lowest BCUT2D eigenvalue weighted by Gasteiger charge is -2.10. The molecule has 1 aliphatic heterocycles. The second-order valence-electron chi connectivity index (χ2n) is 4.42. The van der Waals surface area contributed by atoms with Crippen LogP contribution >= 0.6 is 0 Å². The minimum Gasteiger partial charge on any atom is -0.475 e. The second-order valence-corrected chi connectivity index (χ2v) is 4.42. The highest BCUT2D eigenvalue weighted by Gasteiger charge is 2.30. The summed E-state index contributed by atoms with van der Waals surface area (Å²) in [6.45, 7) is 1.11. The van der Waals surface area contributed by atoms with Crippen LogP contribution in [-0.2, 0) is 17.3 Å². The van der Waals surface area contributed by atoms with Gasteiger partial charge in [-0.05, 0) is 30.7 Å². The van der Waals surface area contributed by atoms with Crippen LogP contribution in [0.25, 0.3) is 0 Å². The molecule has 1 aromatic rings. The van der Waals surface area contributed by atoms with E-state index in [4.69, 9.17) is 10.5 Å². The fraction of sp³-hybridized carbons (Fsp3) is 0.462. The molecule has 3 nitrogen and oxygen atoms in total. The zero-order valence-electron chi connectivity index (χ0n) is 10.3. The fourth-order valence-corrected chi connectivity index (χ4v) is 1.89. The molecule has 1 unspecified atom stereocenters. The van der Waals surface area contributed by atoms with Crippen LogP contribution in [0.2, 0.25) is 0 Å². The van der Waals surface area contributed by atoms with Gasteiger partial charge in [0.2, 0.25) is 0 Å². The summed E-state index contributed by atoms with van der Waals surface area (Å²) in [5.74, 6) is 0.568. The van der Waals surface area contributed by atoms with Crippen molar-refractivity contribution in [2.75, 3.05) is 13.1 Å². The molecule has 0 aliphatic carbocycles. The SMILES string of the molecule is NCCC1CN=C(Cc2ccc(C(F)(F)F)cc2)O1. The maximum Gasteiger partial charge on any atom is 0.416 e. The predicted molar refractivity (Wildman–Crippen MR) is 66.0 cm³/mol. The van der Waals surface area contributed by atoms with E-state index in [2.05, 4.69) is 4.99 Å². The van der Waals surface area contributed by atoms with Gasteiger partial charge in [0.1, 0.15) is 6.10 Å². The van der Waals surface area contributed by atoms with E-state index in [1.807, 2.05) is 0 Å². The summed E-state index contributed by atoms with van der Waals surface area (Å²) in [5, 5.41) is 0. The molecule has 0 saturated heterocycles. The van der Waals surface area contributed by atoms with Gasteiger partial charge in [0.05, 0.1) is 12.1 Å². The first-order valence-corrected chi connectivity index (χ1v) is 6.05. The first-order valence-electron chi connectivity index (χ1n) is 6.05. The lowest BCUT2D eigenvalue weighted by Crippen LogP contribution is -2.18. The summed E-state index contributed by atoms with van der Waals surface area (Å²) in [6.07, 6.45) is -3.14. The van der Waals surface area contributed by atoms with Crippen molar-refractivity contribution in [1.29, 1.82) is 0 Å². The molecule has 1 atom stereocenters. The predicted octanol–water partition coefficient (Wildman–Crippen LogP) is 2.39. The van der Waals surface area contributed by atoms with E-state index in [1.165, 1.54) is 12.1 Å². The van der Waals surface area contributed by atoms with Crippen molar-refractivity contribution in [3.05, 3.63) is 35.4 Å². The Morgan fingerprint density at radius 1 is 1.26 bits per heavy atom. The molecule has 1 aliphatic rings. The van der Waals surface area contributed by atoms with Gasteiger partial charge in [-0.25, -0.2) is 0 Å². The highest BCUT2D eigenvalue weighted by Crippen LogP contribution is 2.29. The van der Waals surface area contributed by atoms with E-state index in [-0.39, 0.29) is 6.10 Å². The summed E-state index contributed by atoms with van der Waals surface area (Å²) in [7, 11) is 0. The van der Waals surface area contributed by atoms with Gasteiger partial charge in [-0.15, -0.1) is 0 Å². The second kappa shape index (κ2) is 5.61. The number of rotatable bonds is 4. The van der Waals surface area contributed by atoms with Crippen LogP contribution in [0.4, 0.5) is 13.2 Å². The molecule has 0 aromatic heterocycles. The number of hydrogen-bond donors (Lipinski definition) is 1. The number of benzene rings is 1. The first-order chi connectivity index (χ1) is 8.99. The Hall–Kier alpha value is -1.56. The normalized spacial score (nSPS) is 19.2. The van der Waals surface area contributed by atoms with Crippen molar-refractivity contribution in [2.24, 2.45) is 10.7 Å². The molecule has 2 N–H and O–H groups in total. The van der Waals surface area contributed by atoms with Crippen LogP contribution in [0.3, 0.4) is 0 Å². The Balaban J connectivity index is 1.94. The van der Waals surface area contributed by atoms with Crippen LogP contribution in [0, 0.1) is 0 Å². The number of alkyl halides is 3. The van der Waals surface area contributed by atoms with Gasteiger partial charge < -0.3 is 10.5 Å². The van der Waals surface area contributed by atoms with Gasteiger partial charge in [-0.2, -0.15) is 13.2 Å². The molecule has 0 amide bonds. The quantitative estimate of drug-likeness (QED) is 0.914. The van der Waals surface area contributed by atoms with E-state index in [1.54, 1.807) is 0 Å². The van der Waals surface area contributed by atoms with Crippen LogP contribution < -0.4 is 5.73 Å². The Morgan fingerprint density at radius 2 is 1.95 bits per heavy atom. The molecule has 0 radical (unpaired) electrons. The number of nitrogens with zero attached hydrogens (tertiary/aromatic N) is 1. The van der Waals surface area contributed by atoms with Crippen molar-refractivity contribution in [2.45, 2.75) is 25.1 Å². The van der Waals surface area contributed by atoms with E-state index in [9.17, 15) is 13.2 Å². The number of ether oxygens (including phenoxy) is 1. The third-order valence-corrected chi connectivity index (χ3v) is 2.90. The minimum absolute atomic E-state index is 0.00875. The molecule has 1 heterocycles. The lowest BCUT2D eigenvalue weighted by atomic mass is 10.1. The van der Waals surface area contributed by atoms with Crippen molar-refractivity contribution in [3.63, 3.8) is 0 Å². The molecule has 1 aromatic carbocycles. The number of nitrogens with two attached hydrogens (primary N) is 1. The van der Waals surface area contributed by atoms with Crippen molar-refractivity contribution >= 4 is 5.90 Å². The van der Waals surface area contributed by atoms with Gasteiger partial charge in [-0.1, -0.05) is 12.1 Å². The monoisotopic (exact) mass is 272 g/mol. The molecular formula is C13H15F3N2O. The Bertz CT molecular complexity index is 454. The third kappa shape index (κ3) is 3.70. The van der Waals surface area contributed by atoms with Crippen molar-refractivity contribution < 1.29 is 17.9 Å². The maximum atomic E-state index is 12.4. The molecule has 0 fully saturated rings. The third-order valence-electron chi connectivity index (χ3n) is 2.90. The Kier molecular flexibility index (Phi) is 4.09. The lowest BCUT2D eigenvalue weighted by molar-refractivity contribution is -0.137. The Labute approximate surface area is 109 Å². The molecule has 6 heteroatoms. The summed E-state index contributed by atoms with van der Waals surface area (Å²) < 4.78 is 42.8. The molecule has 0 saturated carbocycles. The van der Waals surface area contributed by atoms with E-state index in [0.29, 0.717) is 25.4 Å². The van der Waals surface area contributed by atoms with E-state index < -0.39 is 11.7 Å². The topological polar surface area (TPSA) is 47.6 Å². The van der Waals surface area contributed by atoms with Crippen LogP contribution in [-0.4, -0.2) is 25.1 Å².